The first-order valence-corrected chi connectivity index (χ1v) is 8.65. The number of benzene rings is 2. The van der Waals surface area contributed by atoms with E-state index in [2.05, 4.69) is 10.5 Å². The third-order valence-corrected chi connectivity index (χ3v) is 4.54. The molecule has 1 amide bonds. The van der Waals surface area contributed by atoms with Gasteiger partial charge in [-0.1, -0.05) is 17.7 Å². The van der Waals surface area contributed by atoms with Gasteiger partial charge in [0.2, 0.25) is 10.0 Å². The van der Waals surface area contributed by atoms with Crippen LogP contribution in [0.1, 0.15) is 22.8 Å². The number of carbonyl (C=O) groups is 1. The summed E-state index contributed by atoms with van der Waals surface area (Å²) >= 11 is 5.73. The number of nitrogens with zero attached hydrogens (tertiary/aromatic N) is 1. The van der Waals surface area contributed by atoms with E-state index in [1.54, 1.807) is 0 Å². The minimum Gasteiger partial charge on any atom is -0.267 e. The highest BCUT2D eigenvalue weighted by molar-refractivity contribution is 7.89. The lowest BCUT2D eigenvalue weighted by Crippen LogP contribution is -2.21. The van der Waals surface area contributed by atoms with Crippen molar-refractivity contribution in [1.82, 2.24) is 5.43 Å². The third kappa shape index (κ3) is 4.38. The predicted molar refractivity (Wildman–Crippen MR) is 88.9 cm³/mol. The zero-order chi connectivity index (χ0) is 18.8. The second-order valence-electron chi connectivity index (χ2n) is 4.93. The van der Waals surface area contributed by atoms with Crippen molar-refractivity contribution in [3.63, 3.8) is 0 Å². The van der Waals surface area contributed by atoms with Crippen LogP contribution in [0.25, 0.3) is 0 Å². The molecule has 0 unspecified atom stereocenters. The molecule has 0 aliphatic heterocycles. The fourth-order valence-corrected chi connectivity index (χ4v) is 3.03. The van der Waals surface area contributed by atoms with Gasteiger partial charge >= 0.3 is 0 Å². The summed E-state index contributed by atoms with van der Waals surface area (Å²) in [6.07, 6.45) is 0. The predicted octanol–water partition coefficient (Wildman–Crippen LogP) is 2.42. The summed E-state index contributed by atoms with van der Waals surface area (Å²) in [5.41, 5.74) is 1.50. The average molecular weight is 388 g/mol. The Bertz CT molecular complexity index is 958. The number of carbonyl (C=O) groups excluding carboxylic acids is 1. The van der Waals surface area contributed by atoms with E-state index in [9.17, 15) is 22.0 Å². The first-order chi connectivity index (χ1) is 11.6. The second-order valence-corrected chi connectivity index (χ2v) is 6.86. The summed E-state index contributed by atoms with van der Waals surface area (Å²) in [5, 5.41) is 8.49. The van der Waals surface area contributed by atoms with Crippen LogP contribution >= 0.6 is 11.6 Å². The fourth-order valence-electron chi connectivity index (χ4n) is 1.96. The lowest BCUT2D eigenvalue weighted by Gasteiger charge is -2.07. The van der Waals surface area contributed by atoms with Gasteiger partial charge in [0.25, 0.3) is 5.91 Å². The highest BCUT2D eigenvalue weighted by Gasteiger charge is 2.17. The number of nitrogens with two attached hydrogens (primary N) is 1. The summed E-state index contributed by atoms with van der Waals surface area (Å²) in [7, 11) is -4.12. The summed E-state index contributed by atoms with van der Waals surface area (Å²) in [4.78, 5) is 11.6. The van der Waals surface area contributed by atoms with Crippen molar-refractivity contribution in [2.24, 2.45) is 10.2 Å². The van der Waals surface area contributed by atoms with E-state index < -0.39 is 32.5 Å². The molecule has 2 aromatic carbocycles. The molecule has 0 fully saturated rings. The van der Waals surface area contributed by atoms with Gasteiger partial charge in [0.1, 0.15) is 16.5 Å². The molecular formula is C15H12ClF2N3O3S. The van der Waals surface area contributed by atoms with Crippen LogP contribution in [0.15, 0.2) is 46.4 Å². The second kappa shape index (κ2) is 7.26. The molecule has 10 heteroatoms. The van der Waals surface area contributed by atoms with Crippen molar-refractivity contribution in [1.29, 1.82) is 0 Å². The molecule has 0 saturated heterocycles. The molecule has 0 bridgehead atoms. The van der Waals surface area contributed by atoms with E-state index >= 15 is 0 Å². The molecule has 132 valence electrons. The molecule has 25 heavy (non-hydrogen) atoms. The van der Waals surface area contributed by atoms with Gasteiger partial charge in [0.15, 0.2) is 0 Å². The van der Waals surface area contributed by atoms with Gasteiger partial charge < -0.3 is 0 Å². The highest BCUT2D eigenvalue weighted by atomic mass is 35.5. The largest absolute Gasteiger partial charge is 0.271 e. The number of rotatable bonds is 4. The lowest BCUT2D eigenvalue weighted by atomic mass is 10.1. The number of halogens is 3. The topological polar surface area (TPSA) is 102 Å². The quantitative estimate of drug-likeness (QED) is 0.622. The van der Waals surface area contributed by atoms with Crippen LogP contribution in [-0.4, -0.2) is 20.0 Å². The molecule has 0 aromatic heterocycles. The normalized spacial score (nSPS) is 12.1. The van der Waals surface area contributed by atoms with E-state index in [1.165, 1.54) is 25.1 Å². The first-order valence-electron chi connectivity index (χ1n) is 6.72. The summed E-state index contributed by atoms with van der Waals surface area (Å²) < 4.78 is 50.1. The summed E-state index contributed by atoms with van der Waals surface area (Å²) in [6.45, 7) is 1.30. The molecule has 0 aliphatic rings. The Morgan fingerprint density at radius 1 is 1.20 bits per heavy atom. The monoisotopic (exact) mass is 387 g/mol. The van der Waals surface area contributed by atoms with Crippen molar-refractivity contribution < 1.29 is 22.0 Å². The van der Waals surface area contributed by atoms with Crippen LogP contribution in [-0.2, 0) is 10.0 Å². The molecule has 6 nitrogen and oxygen atoms in total. The van der Waals surface area contributed by atoms with Gasteiger partial charge in [-0.2, -0.15) is 5.10 Å². The molecule has 0 heterocycles. The zero-order valence-electron chi connectivity index (χ0n) is 12.8. The Labute approximate surface area is 147 Å². The fraction of sp³-hybridized carbons (Fsp3) is 0.0667. The highest BCUT2D eigenvalue weighted by Crippen LogP contribution is 2.21. The number of nitrogens with one attached hydrogen (secondary N) is 1. The van der Waals surface area contributed by atoms with Gasteiger partial charge in [0.05, 0.1) is 16.3 Å². The van der Waals surface area contributed by atoms with E-state index in [0.29, 0.717) is 0 Å². The Morgan fingerprint density at radius 2 is 1.80 bits per heavy atom. The zero-order valence-corrected chi connectivity index (χ0v) is 14.3. The summed E-state index contributed by atoms with van der Waals surface area (Å²) in [6, 6.07) is 6.71. The van der Waals surface area contributed by atoms with E-state index in [0.717, 1.165) is 18.2 Å². The molecule has 0 atom stereocenters. The Hall–Kier alpha value is -2.36. The summed E-state index contributed by atoms with van der Waals surface area (Å²) in [5.74, 6) is -2.48. The van der Waals surface area contributed by atoms with E-state index in [-0.39, 0.29) is 21.9 Å². The Balaban J connectivity index is 2.29. The van der Waals surface area contributed by atoms with Gasteiger partial charge in [-0.05, 0) is 37.3 Å². The van der Waals surface area contributed by atoms with Crippen molar-refractivity contribution in [2.75, 3.05) is 0 Å². The van der Waals surface area contributed by atoms with Gasteiger partial charge in [-0.15, -0.1) is 0 Å². The van der Waals surface area contributed by atoms with Crippen LogP contribution < -0.4 is 10.6 Å². The van der Waals surface area contributed by atoms with Crippen LogP contribution in [0.3, 0.4) is 0 Å². The van der Waals surface area contributed by atoms with Crippen molar-refractivity contribution in [2.45, 2.75) is 11.8 Å². The number of hydrazone groups is 1. The third-order valence-electron chi connectivity index (χ3n) is 3.15. The van der Waals surface area contributed by atoms with Crippen LogP contribution in [0, 0.1) is 11.6 Å². The molecular weight excluding hydrogens is 376 g/mol. The van der Waals surface area contributed by atoms with Crippen LogP contribution in [0.4, 0.5) is 8.78 Å². The molecule has 2 rings (SSSR count). The maximum absolute atomic E-state index is 13.6. The maximum atomic E-state index is 13.6. The van der Waals surface area contributed by atoms with Gasteiger partial charge in [-0.25, -0.2) is 27.8 Å². The standard InChI is InChI=1S/C15H12ClF2N3O3S/c1-8(14-11(17)3-2-4-12(14)18)20-21-15(22)9-5-6-10(16)13(7-9)25(19,23)24/h2-7H,1H3,(H,21,22)(H2,19,23,24)/b20-8-. The smallest absolute Gasteiger partial charge is 0.267 e. The minimum atomic E-state index is -4.12. The van der Waals surface area contributed by atoms with Crippen LogP contribution in [0.2, 0.25) is 5.02 Å². The molecule has 2 aromatic rings. The van der Waals surface area contributed by atoms with Gasteiger partial charge in [0, 0.05) is 5.56 Å². The average Bonchev–Trinajstić information content (AvgIpc) is 2.51. The Kier molecular flexibility index (Phi) is 5.51. The van der Waals surface area contributed by atoms with Crippen molar-refractivity contribution in [3.05, 3.63) is 64.2 Å². The van der Waals surface area contributed by atoms with E-state index in [4.69, 9.17) is 16.7 Å². The number of sulfonamides is 1. The number of primary sulfonamides is 1. The molecule has 3 N–H and O–H groups in total. The molecule has 0 saturated carbocycles. The molecule has 0 aliphatic carbocycles. The molecule has 0 spiro atoms. The minimum absolute atomic E-state index is 0.0982. The number of amides is 1. The lowest BCUT2D eigenvalue weighted by molar-refractivity contribution is 0.0954. The van der Waals surface area contributed by atoms with Crippen molar-refractivity contribution in [3.8, 4) is 0 Å². The number of hydrogen-bond donors (Lipinski definition) is 2. The SMILES string of the molecule is C/C(=N/NC(=O)c1ccc(Cl)c(S(N)(=O)=O)c1)c1c(F)cccc1F. The number of hydrogen-bond acceptors (Lipinski definition) is 4. The van der Waals surface area contributed by atoms with Gasteiger partial charge in [-0.3, -0.25) is 4.79 Å². The Morgan fingerprint density at radius 3 is 2.36 bits per heavy atom. The van der Waals surface area contributed by atoms with Crippen LogP contribution in [0.5, 0.6) is 0 Å². The maximum Gasteiger partial charge on any atom is 0.271 e. The van der Waals surface area contributed by atoms with E-state index in [1.807, 2.05) is 0 Å². The first kappa shape index (κ1) is 19.0. The van der Waals surface area contributed by atoms with Crippen molar-refractivity contribution >= 4 is 33.2 Å². The molecule has 0 radical (unpaired) electrons.